The van der Waals surface area contributed by atoms with Gasteiger partial charge in [0.2, 0.25) is 0 Å². The fourth-order valence-electron chi connectivity index (χ4n) is 2.55. The summed E-state index contributed by atoms with van der Waals surface area (Å²) in [6.45, 7) is 2.71. The number of aromatic nitrogens is 3. The van der Waals surface area contributed by atoms with Crippen molar-refractivity contribution in [3.63, 3.8) is 0 Å². The first-order chi connectivity index (χ1) is 12.7. The summed E-state index contributed by atoms with van der Waals surface area (Å²) in [5, 5.41) is 7.22. The number of hydrogen-bond donors (Lipinski definition) is 3. The molecule has 4 aromatic rings. The van der Waals surface area contributed by atoms with E-state index in [1.54, 1.807) is 11.3 Å². The quantitative estimate of drug-likeness (QED) is 0.490. The molecule has 6 nitrogen and oxygen atoms in total. The number of para-hydroxylation sites is 1. The first-order valence-electron chi connectivity index (χ1n) is 8.21. The van der Waals surface area contributed by atoms with E-state index in [2.05, 4.69) is 56.8 Å². The van der Waals surface area contributed by atoms with Gasteiger partial charge in [-0.2, -0.15) is 0 Å². The van der Waals surface area contributed by atoms with Gasteiger partial charge in [-0.25, -0.2) is 15.0 Å². The molecule has 2 heterocycles. The van der Waals surface area contributed by atoms with Crippen molar-refractivity contribution in [1.29, 1.82) is 0 Å². The molecule has 0 bridgehead atoms. The highest BCUT2D eigenvalue weighted by molar-refractivity contribution is 7.22. The number of rotatable bonds is 5. The lowest BCUT2D eigenvalue weighted by molar-refractivity contribution is 1.08. The summed E-state index contributed by atoms with van der Waals surface area (Å²) in [5.41, 5.74) is 10.1. The minimum atomic E-state index is 0.471. The average molecular weight is 362 g/mol. The standard InChI is InChI=1S/C19H18N6S/c1-12-6-8-13(9-7-12)10-21-17-16(20)18(23-11-22-17)25-19-24-14-4-2-3-5-15(14)26-19/h2-9,11H,10,20H2,1H3,(H2,21,22,23,24,25). The predicted molar refractivity (Wildman–Crippen MR) is 108 cm³/mol. The SMILES string of the molecule is Cc1ccc(CNc2ncnc(Nc3nc4ccccc4s3)c2N)cc1. The molecule has 7 heteroatoms. The number of aryl methyl sites for hydroxylation is 1. The zero-order valence-corrected chi connectivity index (χ0v) is 15.0. The largest absolute Gasteiger partial charge is 0.393 e. The Morgan fingerprint density at radius 2 is 1.77 bits per heavy atom. The fourth-order valence-corrected chi connectivity index (χ4v) is 3.42. The first kappa shape index (κ1) is 16.3. The highest BCUT2D eigenvalue weighted by Crippen LogP contribution is 2.31. The number of nitrogens with one attached hydrogen (secondary N) is 2. The molecule has 0 aliphatic rings. The molecule has 2 aromatic heterocycles. The van der Waals surface area contributed by atoms with Crippen molar-refractivity contribution in [3.05, 3.63) is 66.0 Å². The topological polar surface area (TPSA) is 88.8 Å². The van der Waals surface area contributed by atoms with Crippen LogP contribution in [0.5, 0.6) is 0 Å². The summed E-state index contributed by atoms with van der Waals surface area (Å²) in [4.78, 5) is 13.1. The normalized spacial score (nSPS) is 10.8. The van der Waals surface area contributed by atoms with Gasteiger partial charge < -0.3 is 16.4 Å². The van der Waals surface area contributed by atoms with Gasteiger partial charge in [0.25, 0.3) is 0 Å². The average Bonchev–Trinajstić information content (AvgIpc) is 3.06. The summed E-state index contributed by atoms with van der Waals surface area (Å²) in [6, 6.07) is 16.3. The third kappa shape index (κ3) is 3.43. The fraction of sp³-hybridized carbons (Fsp3) is 0.105. The van der Waals surface area contributed by atoms with Crippen molar-refractivity contribution in [3.8, 4) is 0 Å². The third-order valence-corrected chi connectivity index (χ3v) is 4.94. The molecule has 26 heavy (non-hydrogen) atoms. The van der Waals surface area contributed by atoms with Crippen molar-refractivity contribution in [2.75, 3.05) is 16.4 Å². The number of nitrogens with zero attached hydrogens (tertiary/aromatic N) is 3. The zero-order chi connectivity index (χ0) is 17.9. The van der Waals surface area contributed by atoms with Crippen LogP contribution in [-0.4, -0.2) is 15.0 Å². The van der Waals surface area contributed by atoms with Crippen LogP contribution in [0.15, 0.2) is 54.9 Å². The van der Waals surface area contributed by atoms with Gasteiger partial charge in [-0.15, -0.1) is 0 Å². The van der Waals surface area contributed by atoms with Gasteiger partial charge in [0.05, 0.1) is 10.2 Å². The van der Waals surface area contributed by atoms with Crippen molar-refractivity contribution >= 4 is 44.0 Å². The lowest BCUT2D eigenvalue weighted by Crippen LogP contribution is -2.08. The van der Waals surface area contributed by atoms with Gasteiger partial charge in [-0.3, -0.25) is 0 Å². The molecule has 0 unspecified atom stereocenters. The molecule has 0 radical (unpaired) electrons. The monoisotopic (exact) mass is 362 g/mol. The predicted octanol–water partition coefficient (Wildman–Crippen LogP) is 4.33. The molecule has 4 rings (SSSR count). The van der Waals surface area contributed by atoms with Crippen LogP contribution in [0.25, 0.3) is 10.2 Å². The summed E-state index contributed by atoms with van der Waals surface area (Å²) >= 11 is 1.56. The van der Waals surface area contributed by atoms with E-state index >= 15 is 0 Å². The number of hydrogen-bond acceptors (Lipinski definition) is 7. The van der Waals surface area contributed by atoms with Gasteiger partial charge in [0, 0.05) is 6.54 Å². The molecule has 0 aliphatic heterocycles. The van der Waals surface area contributed by atoms with Crippen LogP contribution in [0.4, 0.5) is 22.5 Å². The second-order valence-corrected chi connectivity index (χ2v) is 6.97. The molecule has 0 saturated carbocycles. The Morgan fingerprint density at radius 1 is 1.00 bits per heavy atom. The van der Waals surface area contributed by atoms with Gasteiger partial charge in [-0.1, -0.05) is 53.3 Å². The van der Waals surface area contributed by atoms with Crippen LogP contribution < -0.4 is 16.4 Å². The van der Waals surface area contributed by atoms with Crippen LogP contribution in [-0.2, 0) is 6.54 Å². The van der Waals surface area contributed by atoms with Gasteiger partial charge >= 0.3 is 0 Å². The van der Waals surface area contributed by atoms with Gasteiger partial charge in [0.15, 0.2) is 16.8 Å². The maximum absolute atomic E-state index is 6.24. The van der Waals surface area contributed by atoms with E-state index < -0.39 is 0 Å². The molecule has 0 fully saturated rings. The minimum absolute atomic E-state index is 0.471. The van der Waals surface area contributed by atoms with Crippen molar-refractivity contribution < 1.29 is 0 Å². The Kier molecular flexibility index (Phi) is 4.37. The number of fused-ring (bicyclic) bond motifs is 1. The number of thiazole rings is 1. The minimum Gasteiger partial charge on any atom is -0.393 e. The summed E-state index contributed by atoms with van der Waals surface area (Å²) < 4.78 is 1.11. The number of anilines is 4. The molecule has 0 aliphatic carbocycles. The Labute approximate surface area is 155 Å². The molecular weight excluding hydrogens is 344 g/mol. The second kappa shape index (κ2) is 6.97. The van der Waals surface area contributed by atoms with E-state index in [4.69, 9.17) is 5.73 Å². The van der Waals surface area contributed by atoms with E-state index in [1.165, 1.54) is 11.9 Å². The van der Waals surface area contributed by atoms with Gasteiger partial charge in [0.1, 0.15) is 12.0 Å². The van der Waals surface area contributed by atoms with E-state index in [-0.39, 0.29) is 0 Å². The maximum Gasteiger partial charge on any atom is 0.189 e. The highest BCUT2D eigenvalue weighted by atomic mass is 32.1. The molecular formula is C19H18N6S. The lowest BCUT2D eigenvalue weighted by atomic mass is 10.1. The number of nitrogens with two attached hydrogens (primary N) is 1. The van der Waals surface area contributed by atoms with Crippen LogP contribution in [0.3, 0.4) is 0 Å². The molecule has 0 saturated heterocycles. The molecule has 4 N–H and O–H groups in total. The Hall–Kier alpha value is -3.19. The zero-order valence-electron chi connectivity index (χ0n) is 14.2. The van der Waals surface area contributed by atoms with Crippen LogP contribution in [0, 0.1) is 6.92 Å². The van der Waals surface area contributed by atoms with E-state index in [1.807, 2.05) is 24.3 Å². The number of benzene rings is 2. The maximum atomic E-state index is 6.24. The van der Waals surface area contributed by atoms with Crippen molar-refractivity contribution in [2.45, 2.75) is 13.5 Å². The van der Waals surface area contributed by atoms with Crippen molar-refractivity contribution in [2.24, 2.45) is 0 Å². The van der Waals surface area contributed by atoms with E-state index in [0.29, 0.717) is 23.9 Å². The lowest BCUT2D eigenvalue weighted by Gasteiger charge is -2.11. The molecule has 0 spiro atoms. The van der Waals surface area contributed by atoms with Crippen LogP contribution >= 0.6 is 11.3 Å². The van der Waals surface area contributed by atoms with E-state index in [0.717, 1.165) is 20.9 Å². The third-order valence-electron chi connectivity index (χ3n) is 3.98. The Bertz CT molecular complexity index is 1010. The molecule has 130 valence electrons. The molecule has 0 atom stereocenters. The summed E-state index contributed by atoms with van der Waals surface area (Å²) in [7, 11) is 0. The van der Waals surface area contributed by atoms with Crippen LogP contribution in [0.1, 0.15) is 11.1 Å². The van der Waals surface area contributed by atoms with Gasteiger partial charge in [-0.05, 0) is 24.6 Å². The highest BCUT2D eigenvalue weighted by Gasteiger charge is 2.10. The van der Waals surface area contributed by atoms with Crippen LogP contribution in [0.2, 0.25) is 0 Å². The first-order valence-corrected chi connectivity index (χ1v) is 9.03. The second-order valence-electron chi connectivity index (χ2n) is 5.94. The molecule has 2 aromatic carbocycles. The Balaban J connectivity index is 1.52. The summed E-state index contributed by atoms with van der Waals surface area (Å²) in [5.74, 6) is 1.15. The molecule has 0 amide bonds. The number of nitrogen functional groups attached to an aromatic ring is 1. The smallest absolute Gasteiger partial charge is 0.189 e. The van der Waals surface area contributed by atoms with E-state index in [9.17, 15) is 0 Å². The van der Waals surface area contributed by atoms with Crippen molar-refractivity contribution in [1.82, 2.24) is 15.0 Å². The Morgan fingerprint density at radius 3 is 2.58 bits per heavy atom. The summed E-state index contributed by atoms with van der Waals surface area (Å²) in [6.07, 6.45) is 1.49.